The maximum absolute atomic E-state index is 14.9. The Morgan fingerprint density at radius 3 is 2.13 bits per heavy atom. The summed E-state index contributed by atoms with van der Waals surface area (Å²) >= 11 is 0. The predicted octanol–water partition coefficient (Wildman–Crippen LogP) is 0.356. The number of carbonyl (C=O) groups is 5. The Bertz CT molecular complexity index is 1950. The molecule has 1 saturated heterocycles. The first-order chi connectivity index (χ1) is 24.6. The second-order valence-corrected chi connectivity index (χ2v) is 13.0. The molecule has 0 unspecified atom stereocenters. The summed E-state index contributed by atoms with van der Waals surface area (Å²) in [6.45, 7) is 3.21. The van der Waals surface area contributed by atoms with E-state index < -0.39 is 93.9 Å². The Kier molecular flexibility index (Phi) is 9.40. The van der Waals surface area contributed by atoms with Crippen LogP contribution < -0.4 is 14.8 Å². The SMILES string of the molecule is COC(=O)c1c(C)cc2c(c1OC)[C@]1(O)C(=O)c3cc4c(c(OC)c3C(=O)[C@]1(OC)[C@H](O)C2)C(=O)C=C(N[C@H]1O[C@@H](C)[C@H](OC)[C@@H](O)[C@H]1OC)C4=O. The van der Waals surface area contributed by atoms with Crippen LogP contribution in [-0.4, -0.2) is 129 Å². The first kappa shape index (κ1) is 37.2. The van der Waals surface area contributed by atoms with E-state index in [0.29, 0.717) is 5.56 Å². The summed E-state index contributed by atoms with van der Waals surface area (Å²) in [7, 11) is 7.18. The number of fused-ring (bicyclic) bond motifs is 5. The molecule has 2 aromatic rings. The van der Waals surface area contributed by atoms with Crippen LogP contribution in [0.15, 0.2) is 23.9 Å². The Labute approximate surface area is 297 Å². The predicted molar refractivity (Wildman–Crippen MR) is 176 cm³/mol. The van der Waals surface area contributed by atoms with Crippen LogP contribution in [0.1, 0.15) is 75.4 Å². The smallest absolute Gasteiger partial charge is 0.341 e. The van der Waals surface area contributed by atoms with Crippen molar-refractivity contribution in [3.63, 3.8) is 0 Å². The normalized spacial score (nSPS) is 30.8. The van der Waals surface area contributed by atoms with Crippen LogP contribution in [0.3, 0.4) is 0 Å². The number of benzene rings is 2. The molecule has 1 fully saturated rings. The number of allylic oxidation sites excluding steroid dienone is 2. The zero-order chi connectivity index (χ0) is 38.2. The average molecular weight is 726 g/mol. The lowest BCUT2D eigenvalue weighted by atomic mass is 9.56. The minimum atomic E-state index is -3.05. The number of rotatable bonds is 8. The van der Waals surface area contributed by atoms with Crippen molar-refractivity contribution in [2.24, 2.45) is 0 Å². The summed E-state index contributed by atoms with van der Waals surface area (Å²) in [6.07, 6.45) is -6.03. The first-order valence-electron chi connectivity index (χ1n) is 16.2. The van der Waals surface area contributed by atoms with Crippen LogP contribution in [0.5, 0.6) is 11.5 Å². The number of esters is 1. The van der Waals surface area contributed by atoms with E-state index in [0.717, 1.165) is 33.5 Å². The van der Waals surface area contributed by atoms with Gasteiger partial charge in [-0.1, -0.05) is 6.07 Å². The first-order valence-corrected chi connectivity index (χ1v) is 16.2. The molecule has 0 radical (unpaired) electrons. The van der Waals surface area contributed by atoms with Crippen LogP contribution in [0.25, 0.3) is 0 Å². The van der Waals surface area contributed by atoms with Gasteiger partial charge in [-0.15, -0.1) is 0 Å². The van der Waals surface area contributed by atoms with Crippen LogP contribution in [-0.2, 0) is 35.7 Å². The van der Waals surface area contributed by atoms with Crippen molar-refractivity contribution < 1.29 is 72.5 Å². The molecule has 6 rings (SSSR count). The van der Waals surface area contributed by atoms with E-state index in [4.69, 9.17) is 33.2 Å². The van der Waals surface area contributed by atoms with Crippen LogP contribution in [0.4, 0.5) is 0 Å². The molecule has 3 aliphatic carbocycles. The molecule has 1 aliphatic heterocycles. The van der Waals surface area contributed by atoms with E-state index in [1.165, 1.54) is 27.4 Å². The third kappa shape index (κ3) is 4.75. The Morgan fingerprint density at radius 1 is 0.904 bits per heavy atom. The quantitative estimate of drug-likeness (QED) is 0.270. The topological polar surface area (TPSA) is 223 Å². The number of Topliss-reactive ketones (excluding diaryl/α,β-unsaturated/α-hetero) is 3. The molecule has 0 amide bonds. The molecule has 8 atom stereocenters. The Hall–Kier alpha value is -4.55. The fraction of sp³-hybridized carbons (Fsp3) is 0.472. The highest BCUT2D eigenvalue weighted by atomic mass is 16.6. The molecule has 16 nitrogen and oxygen atoms in total. The van der Waals surface area contributed by atoms with Crippen molar-refractivity contribution >= 4 is 29.1 Å². The van der Waals surface area contributed by atoms with Gasteiger partial charge in [-0.2, -0.15) is 0 Å². The standard InChI is InChI=1S/C36H39NO15/c1-13-9-15-10-20(39)36(51-8)32(43)23-17(31(42)35(36,45)24(15)29(48-5)21(13)34(44)50-7)11-16-22(28(23)47-4)19(38)12-18(25(16)40)37-33-30(49-6)26(41)27(46-3)14(2)52-33/h9,11-12,14,20,26-27,30,33,37,39,41,45H,10H2,1-8H3/t14-,20+,26+,27-,30+,33-,35-,36+/m0/s1. The van der Waals surface area contributed by atoms with Crippen LogP contribution >= 0.6 is 0 Å². The van der Waals surface area contributed by atoms with Crippen molar-refractivity contribution in [1.82, 2.24) is 5.32 Å². The van der Waals surface area contributed by atoms with Gasteiger partial charge >= 0.3 is 5.97 Å². The zero-order valence-corrected chi connectivity index (χ0v) is 29.6. The minimum Gasteiger partial charge on any atom is -0.495 e. The number of ether oxygens (including phenoxy) is 7. The number of methoxy groups -OCH3 is 6. The number of ketones is 4. The third-order valence-corrected chi connectivity index (χ3v) is 10.5. The molecular formula is C36H39NO15. The number of nitrogens with one attached hydrogen (secondary N) is 1. The van der Waals surface area contributed by atoms with E-state index >= 15 is 0 Å². The molecule has 0 aromatic heterocycles. The number of hydrogen-bond donors (Lipinski definition) is 4. The largest absolute Gasteiger partial charge is 0.495 e. The molecule has 278 valence electrons. The van der Waals surface area contributed by atoms with Gasteiger partial charge in [0.1, 0.15) is 35.4 Å². The summed E-state index contributed by atoms with van der Waals surface area (Å²) in [5.41, 5.74) is -7.81. The maximum atomic E-state index is 14.9. The number of aliphatic hydroxyl groups excluding tert-OH is 2. The summed E-state index contributed by atoms with van der Waals surface area (Å²) in [4.78, 5) is 70.6. The molecule has 1 heterocycles. The lowest BCUT2D eigenvalue weighted by molar-refractivity contribution is -0.236. The van der Waals surface area contributed by atoms with Gasteiger partial charge in [0.25, 0.3) is 0 Å². The lowest BCUT2D eigenvalue weighted by Crippen LogP contribution is -2.73. The van der Waals surface area contributed by atoms with E-state index in [1.54, 1.807) is 13.8 Å². The fourth-order valence-corrected chi connectivity index (χ4v) is 8.21. The maximum Gasteiger partial charge on any atom is 0.341 e. The second-order valence-electron chi connectivity index (χ2n) is 13.0. The Balaban J connectivity index is 1.55. The van der Waals surface area contributed by atoms with Crippen molar-refractivity contribution in [2.45, 2.75) is 68.2 Å². The van der Waals surface area contributed by atoms with E-state index in [1.807, 2.05) is 0 Å². The monoisotopic (exact) mass is 725 g/mol. The number of aliphatic hydroxyl groups is 3. The molecular weight excluding hydrogens is 686 g/mol. The summed E-state index contributed by atoms with van der Waals surface area (Å²) in [6, 6.07) is 2.46. The van der Waals surface area contributed by atoms with Crippen molar-refractivity contribution in [3.05, 3.63) is 68.4 Å². The molecule has 4 N–H and O–H groups in total. The highest BCUT2D eigenvalue weighted by Gasteiger charge is 2.73. The van der Waals surface area contributed by atoms with E-state index in [9.17, 15) is 39.3 Å². The third-order valence-electron chi connectivity index (χ3n) is 10.5. The molecule has 0 spiro atoms. The number of carbonyl (C=O) groups excluding carboxylic acids is 5. The summed E-state index contributed by atoms with van der Waals surface area (Å²) in [5, 5.41) is 38.1. The highest BCUT2D eigenvalue weighted by Crippen LogP contribution is 2.57. The molecule has 52 heavy (non-hydrogen) atoms. The zero-order valence-electron chi connectivity index (χ0n) is 29.6. The van der Waals surface area contributed by atoms with Gasteiger partial charge in [0, 0.05) is 50.5 Å². The number of aryl methyl sites for hydroxylation is 1. The summed E-state index contributed by atoms with van der Waals surface area (Å²) < 4.78 is 38.5. The van der Waals surface area contributed by atoms with Crippen molar-refractivity contribution in [1.29, 1.82) is 0 Å². The molecule has 4 aliphatic rings. The minimum absolute atomic E-state index is 0.148. The van der Waals surface area contributed by atoms with Crippen LogP contribution in [0, 0.1) is 6.92 Å². The van der Waals surface area contributed by atoms with E-state index in [2.05, 4.69) is 5.32 Å². The number of hydrogen-bond acceptors (Lipinski definition) is 16. The van der Waals surface area contributed by atoms with Crippen LogP contribution in [0.2, 0.25) is 0 Å². The van der Waals surface area contributed by atoms with Gasteiger partial charge in [0.15, 0.2) is 23.2 Å². The van der Waals surface area contributed by atoms with Gasteiger partial charge in [-0.3, -0.25) is 19.2 Å². The highest BCUT2D eigenvalue weighted by molar-refractivity contribution is 6.31. The van der Waals surface area contributed by atoms with Gasteiger partial charge in [0.2, 0.25) is 17.3 Å². The Morgan fingerprint density at radius 2 is 1.56 bits per heavy atom. The van der Waals surface area contributed by atoms with Gasteiger partial charge in [0.05, 0.1) is 50.4 Å². The second kappa shape index (κ2) is 13.1. The molecule has 2 aromatic carbocycles. The van der Waals surface area contributed by atoms with Crippen molar-refractivity contribution in [2.75, 3.05) is 42.7 Å². The molecule has 0 bridgehead atoms. The van der Waals surface area contributed by atoms with Gasteiger partial charge in [-0.25, -0.2) is 4.79 Å². The fourth-order valence-electron chi connectivity index (χ4n) is 8.21. The average Bonchev–Trinajstić information content (AvgIpc) is 3.11. The van der Waals surface area contributed by atoms with Gasteiger partial charge < -0.3 is 53.8 Å². The van der Waals surface area contributed by atoms with Gasteiger partial charge in [-0.05, 0) is 31.0 Å². The van der Waals surface area contributed by atoms with Crippen molar-refractivity contribution in [3.8, 4) is 11.5 Å². The van der Waals surface area contributed by atoms with E-state index in [-0.39, 0.29) is 45.7 Å². The lowest BCUT2D eigenvalue weighted by Gasteiger charge is -2.53. The summed E-state index contributed by atoms with van der Waals surface area (Å²) in [5.74, 6) is -5.59. The molecule has 0 saturated carbocycles. The molecule has 16 heteroatoms.